The molecule has 0 aliphatic rings. The van der Waals surface area contributed by atoms with E-state index in [4.69, 9.17) is 9.84 Å². The quantitative estimate of drug-likeness (QED) is 0.765. The molecule has 1 atom stereocenters. The van der Waals surface area contributed by atoms with E-state index >= 15 is 0 Å². The van der Waals surface area contributed by atoms with Gasteiger partial charge in [0.2, 0.25) is 0 Å². The number of para-hydroxylation sites is 1. The van der Waals surface area contributed by atoms with Gasteiger partial charge in [0.25, 0.3) is 0 Å². The van der Waals surface area contributed by atoms with E-state index in [0.29, 0.717) is 13.0 Å². The van der Waals surface area contributed by atoms with Gasteiger partial charge in [-0.05, 0) is 12.5 Å². The highest BCUT2D eigenvalue weighted by atomic mass is 16.5. The van der Waals surface area contributed by atoms with Crippen LogP contribution in [0.5, 0.6) is 0 Å². The largest absolute Gasteiger partial charge is 0.480 e. The molecule has 0 saturated heterocycles. The minimum atomic E-state index is -0.820. The highest BCUT2D eigenvalue weighted by molar-refractivity contribution is 5.77. The number of nitrogens with one attached hydrogen (secondary N) is 1. The molecule has 1 unspecified atom stereocenters. The van der Waals surface area contributed by atoms with Gasteiger partial charge in [-0.2, -0.15) is 0 Å². The molecule has 17 heavy (non-hydrogen) atoms. The monoisotopic (exact) mass is 237 g/mol. The van der Waals surface area contributed by atoms with Crippen LogP contribution in [0.1, 0.15) is 25.3 Å². The molecule has 0 fully saturated rings. The van der Waals surface area contributed by atoms with Crippen molar-refractivity contribution in [3.8, 4) is 0 Å². The van der Waals surface area contributed by atoms with Crippen molar-refractivity contribution in [1.29, 1.82) is 0 Å². The first-order chi connectivity index (χ1) is 8.19. The van der Waals surface area contributed by atoms with Crippen molar-refractivity contribution in [2.24, 2.45) is 0 Å². The Morgan fingerprint density at radius 3 is 2.76 bits per heavy atom. The van der Waals surface area contributed by atoms with Crippen molar-refractivity contribution >= 4 is 11.7 Å². The fourth-order valence-electron chi connectivity index (χ4n) is 1.68. The standard InChI is InChI=1S/C13H19NO3/c1-3-6-12(13(15)16)14-11-8-5-4-7-10(11)9-17-2/h4-5,7-8,12,14H,3,6,9H2,1-2H3,(H,15,16). The number of carbonyl (C=O) groups is 1. The fraction of sp³-hybridized carbons (Fsp3) is 0.462. The van der Waals surface area contributed by atoms with E-state index in [1.165, 1.54) is 0 Å². The van der Waals surface area contributed by atoms with Crippen molar-refractivity contribution < 1.29 is 14.6 Å². The Hall–Kier alpha value is -1.55. The lowest BCUT2D eigenvalue weighted by molar-refractivity contribution is -0.138. The van der Waals surface area contributed by atoms with Gasteiger partial charge in [-0.1, -0.05) is 31.5 Å². The lowest BCUT2D eigenvalue weighted by Gasteiger charge is -2.17. The molecule has 0 aliphatic carbocycles. The van der Waals surface area contributed by atoms with Crippen molar-refractivity contribution in [3.05, 3.63) is 29.8 Å². The maximum atomic E-state index is 11.1. The van der Waals surface area contributed by atoms with E-state index in [1.54, 1.807) is 7.11 Å². The van der Waals surface area contributed by atoms with Gasteiger partial charge in [0.05, 0.1) is 6.61 Å². The SMILES string of the molecule is CCCC(Nc1ccccc1COC)C(=O)O. The molecule has 1 rings (SSSR count). The van der Waals surface area contributed by atoms with Gasteiger partial charge < -0.3 is 15.2 Å². The van der Waals surface area contributed by atoms with E-state index < -0.39 is 12.0 Å². The van der Waals surface area contributed by atoms with Crippen LogP contribution in [0.15, 0.2) is 24.3 Å². The molecule has 1 aromatic carbocycles. The van der Waals surface area contributed by atoms with Crippen molar-refractivity contribution in [2.45, 2.75) is 32.4 Å². The smallest absolute Gasteiger partial charge is 0.326 e. The molecule has 0 aromatic heterocycles. The molecular formula is C13H19NO3. The Kier molecular flexibility index (Phi) is 5.49. The minimum Gasteiger partial charge on any atom is -0.480 e. The summed E-state index contributed by atoms with van der Waals surface area (Å²) in [7, 11) is 1.62. The second kappa shape index (κ2) is 6.91. The topological polar surface area (TPSA) is 58.6 Å². The van der Waals surface area contributed by atoms with Crippen LogP contribution < -0.4 is 5.32 Å². The van der Waals surface area contributed by atoms with Gasteiger partial charge in [-0.15, -0.1) is 0 Å². The van der Waals surface area contributed by atoms with E-state index in [2.05, 4.69) is 5.32 Å². The normalized spacial score (nSPS) is 12.1. The van der Waals surface area contributed by atoms with Crippen LogP contribution in [0.3, 0.4) is 0 Å². The van der Waals surface area contributed by atoms with E-state index in [0.717, 1.165) is 17.7 Å². The number of carboxylic acids is 1. The number of ether oxygens (including phenoxy) is 1. The summed E-state index contributed by atoms with van der Waals surface area (Å²) >= 11 is 0. The highest BCUT2D eigenvalue weighted by Gasteiger charge is 2.16. The third-order valence-corrected chi connectivity index (χ3v) is 2.52. The number of anilines is 1. The molecule has 0 spiro atoms. The summed E-state index contributed by atoms with van der Waals surface area (Å²) in [4.78, 5) is 11.1. The Morgan fingerprint density at radius 1 is 1.47 bits per heavy atom. The van der Waals surface area contributed by atoms with E-state index in [-0.39, 0.29) is 0 Å². The first-order valence-electron chi connectivity index (χ1n) is 5.75. The van der Waals surface area contributed by atoms with Crippen molar-refractivity contribution in [1.82, 2.24) is 0 Å². The molecule has 0 bridgehead atoms. The summed E-state index contributed by atoms with van der Waals surface area (Å²) < 4.78 is 5.08. The maximum Gasteiger partial charge on any atom is 0.326 e. The summed E-state index contributed by atoms with van der Waals surface area (Å²) in [6.45, 7) is 2.44. The average Bonchev–Trinajstić information content (AvgIpc) is 2.31. The number of aliphatic carboxylic acids is 1. The molecule has 0 heterocycles. The van der Waals surface area contributed by atoms with Gasteiger partial charge in [-0.25, -0.2) is 4.79 Å². The van der Waals surface area contributed by atoms with Crippen molar-refractivity contribution in [3.63, 3.8) is 0 Å². The van der Waals surface area contributed by atoms with Gasteiger partial charge in [0.15, 0.2) is 0 Å². The number of hydrogen-bond donors (Lipinski definition) is 2. The van der Waals surface area contributed by atoms with Crippen LogP contribution in [-0.2, 0) is 16.1 Å². The summed E-state index contributed by atoms with van der Waals surface area (Å²) in [5, 5.41) is 12.1. The summed E-state index contributed by atoms with van der Waals surface area (Å²) in [5.74, 6) is -0.820. The van der Waals surface area contributed by atoms with Gasteiger partial charge in [0, 0.05) is 18.4 Å². The Labute approximate surface area is 102 Å². The molecule has 1 aromatic rings. The average molecular weight is 237 g/mol. The first-order valence-corrected chi connectivity index (χ1v) is 5.75. The third kappa shape index (κ3) is 4.07. The van der Waals surface area contributed by atoms with Crippen LogP contribution in [0.4, 0.5) is 5.69 Å². The lowest BCUT2D eigenvalue weighted by Crippen LogP contribution is -2.29. The molecule has 0 amide bonds. The maximum absolute atomic E-state index is 11.1. The van der Waals surface area contributed by atoms with E-state index in [1.807, 2.05) is 31.2 Å². The molecule has 0 radical (unpaired) electrons. The molecule has 2 N–H and O–H groups in total. The molecule has 4 heteroatoms. The minimum absolute atomic E-state index is 0.474. The van der Waals surface area contributed by atoms with Gasteiger partial charge >= 0.3 is 5.97 Å². The Morgan fingerprint density at radius 2 is 2.18 bits per heavy atom. The number of methoxy groups -OCH3 is 1. The van der Waals surface area contributed by atoms with Gasteiger partial charge in [-0.3, -0.25) is 0 Å². The zero-order chi connectivity index (χ0) is 12.7. The van der Waals surface area contributed by atoms with Crippen LogP contribution in [0, 0.1) is 0 Å². The number of rotatable bonds is 7. The summed E-state index contributed by atoms with van der Waals surface area (Å²) in [6, 6.07) is 7.05. The van der Waals surface area contributed by atoms with Crippen LogP contribution in [-0.4, -0.2) is 24.2 Å². The van der Waals surface area contributed by atoms with Crippen LogP contribution >= 0.6 is 0 Å². The zero-order valence-electron chi connectivity index (χ0n) is 10.3. The second-order valence-corrected chi connectivity index (χ2v) is 3.91. The number of carboxylic acid groups (broad SMARTS) is 1. The van der Waals surface area contributed by atoms with Crippen LogP contribution in [0.2, 0.25) is 0 Å². The Balaban J connectivity index is 2.80. The molecular weight excluding hydrogens is 218 g/mol. The summed E-state index contributed by atoms with van der Waals surface area (Å²) in [6.07, 6.45) is 1.44. The second-order valence-electron chi connectivity index (χ2n) is 3.91. The number of benzene rings is 1. The highest BCUT2D eigenvalue weighted by Crippen LogP contribution is 2.18. The predicted molar refractivity (Wildman–Crippen MR) is 67.1 cm³/mol. The predicted octanol–water partition coefficient (Wildman–Crippen LogP) is 2.50. The molecule has 0 aliphatic heterocycles. The molecule has 0 saturated carbocycles. The number of hydrogen-bond acceptors (Lipinski definition) is 3. The van der Waals surface area contributed by atoms with Crippen molar-refractivity contribution in [2.75, 3.05) is 12.4 Å². The Bertz CT molecular complexity index is 365. The molecule has 4 nitrogen and oxygen atoms in total. The lowest BCUT2D eigenvalue weighted by atomic mass is 10.1. The van der Waals surface area contributed by atoms with Gasteiger partial charge in [0.1, 0.15) is 6.04 Å². The third-order valence-electron chi connectivity index (χ3n) is 2.52. The van der Waals surface area contributed by atoms with E-state index in [9.17, 15) is 4.79 Å². The first kappa shape index (κ1) is 13.5. The fourth-order valence-corrected chi connectivity index (χ4v) is 1.68. The van der Waals surface area contributed by atoms with Crippen LogP contribution in [0.25, 0.3) is 0 Å². The summed E-state index contributed by atoms with van der Waals surface area (Å²) in [5.41, 5.74) is 1.80. The zero-order valence-corrected chi connectivity index (χ0v) is 10.3. The molecule has 94 valence electrons.